The lowest BCUT2D eigenvalue weighted by Gasteiger charge is -2.40. The summed E-state index contributed by atoms with van der Waals surface area (Å²) >= 11 is 3.43. The van der Waals surface area contributed by atoms with Gasteiger partial charge in [0.25, 0.3) is 0 Å². The quantitative estimate of drug-likeness (QED) is 0.0779. The average Bonchev–Trinajstić information content (AvgIpc) is 2.76. The van der Waals surface area contributed by atoms with Gasteiger partial charge in [0.2, 0.25) is 0 Å². The number of carbonyl (C=O) groups is 1. The van der Waals surface area contributed by atoms with Crippen molar-refractivity contribution in [1.29, 1.82) is 0 Å². The number of halogens is 1. The van der Waals surface area contributed by atoms with Crippen molar-refractivity contribution in [1.82, 2.24) is 0 Å². The first kappa shape index (κ1) is 29.9. The van der Waals surface area contributed by atoms with E-state index < -0.39 is 5.60 Å². The zero-order chi connectivity index (χ0) is 23.3. The van der Waals surface area contributed by atoms with E-state index in [0.29, 0.717) is 19.8 Å². The van der Waals surface area contributed by atoms with Crippen molar-refractivity contribution in [2.24, 2.45) is 5.92 Å². The van der Waals surface area contributed by atoms with Crippen LogP contribution in [0.3, 0.4) is 0 Å². The first-order chi connectivity index (χ1) is 15.6. The molecule has 190 valence electrons. The third-order valence-electron chi connectivity index (χ3n) is 6.48. The molecule has 0 aromatic heterocycles. The standard InChI is InChI=1S/C27H51BrO4/c1-3-4-5-6-7-8-9-10-11-12-13-14-15-18-21-30-22-27(23-31-24-27)32-26(29)25(2)19-16-17-20-28/h25H,3-24H2,1-2H3. The molecule has 1 aliphatic rings. The molecule has 1 fully saturated rings. The first-order valence-electron chi connectivity index (χ1n) is 13.6. The molecule has 0 spiro atoms. The Morgan fingerprint density at radius 2 is 1.38 bits per heavy atom. The Kier molecular flexibility index (Phi) is 18.9. The number of rotatable bonds is 23. The highest BCUT2D eigenvalue weighted by molar-refractivity contribution is 9.09. The van der Waals surface area contributed by atoms with Crippen LogP contribution in [0.15, 0.2) is 0 Å². The molecule has 1 heterocycles. The molecule has 1 saturated heterocycles. The maximum Gasteiger partial charge on any atom is 0.309 e. The topological polar surface area (TPSA) is 44.8 Å². The van der Waals surface area contributed by atoms with Gasteiger partial charge in [-0.1, -0.05) is 120 Å². The van der Waals surface area contributed by atoms with Crippen molar-refractivity contribution in [3.05, 3.63) is 0 Å². The van der Waals surface area contributed by atoms with Gasteiger partial charge in [-0.2, -0.15) is 0 Å². The van der Waals surface area contributed by atoms with E-state index in [1.165, 1.54) is 83.5 Å². The van der Waals surface area contributed by atoms with Gasteiger partial charge in [-0.15, -0.1) is 0 Å². The van der Waals surface area contributed by atoms with Crippen molar-refractivity contribution in [3.8, 4) is 0 Å². The number of hydrogen-bond donors (Lipinski definition) is 0. The van der Waals surface area contributed by atoms with Crippen LogP contribution >= 0.6 is 15.9 Å². The summed E-state index contributed by atoms with van der Waals surface area (Å²) in [7, 11) is 0. The Morgan fingerprint density at radius 3 is 1.84 bits per heavy atom. The third-order valence-corrected chi connectivity index (χ3v) is 7.04. The van der Waals surface area contributed by atoms with Gasteiger partial charge in [-0.25, -0.2) is 0 Å². The summed E-state index contributed by atoms with van der Waals surface area (Å²) in [4.78, 5) is 12.4. The van der Waals surface area contributed by atoms with Gasteiger partial charge in [-0.3, -0.25) is 4.79 Å². The Balaban J connectivity index is 1.92. The Bertz CT molecular complexity index is 439. The molecule has 1 atom stereocenters. The molecule has 0 bridgehead atoms. The molecule has 32 heavy (non-hydrogen) atoms. The second-order valence-corrected chi connectivity index (χ2v) is 10.6. The minimum absolute atomic E-state index is 0.0580. The SMILES string of the molecule is CCCCCCCCCCCCCCCCOCC1(OC(=O)C(C)CCCCBr)COC1. The largest absolute Gasteiger partial charge is 0.451 e. The van der Waals surface area contributed by atoms with E-state index in [1.54, 1.807) is 0 Å². The molecule has 4 nitrogen and oxygen atoms in total. The number of alkyl halides is 1. The van der Waals surface area contributed by atoms with Gasteiger partial charge in [0.05, 0.1) is 25.7 Å². The van der Waals surface area contributed by atoms with Crippen LogP contribution in [0, 0.1) is 5.92 Å². The summed E-state index contributed by atoms with van der Waals surface area (Å²) in [6, 6.07) is 0. The highest BCUT2D eigenvalue weighted by Gasteiger charge is 2.43. The van der Waals surface area contributed by atoms with Crippen LogP contribution in [0.2, 0.25) is 0 Å². The molecule has 1 rings (SSSR count). The van der Waals surface area contributed by atoms with Gasteiger partial charge < -0.3 is 14.2 Å². The van der Waals surface area contributed by atoms with E-state index in [-0.39, 0.29) is 11.9 Å². The lowest BCUT2D eigenvalue weighted by molar-refractivity contribution is -0.232. The molecule has 0 aromatic rings. The summed E-state index contributed by atoms with van der Waals surface area (Å²) < 4.78 is 17.0. The van der Waals surface area contributed by atoms with E-state index in [0.717, 1.165) is 37.6 Å². The van der Waals surface area contributed by atoms with E-state index in [1.807, 2.05) is 6.92 Å². The Hall–Kier alpha value is -0.130. The van der Waals surface area contributed by atoms with Crippen LogP contribution in [-0.2, 0) is 19.0 Å². The second-order valence-electron chi connectivity index (χ2n) is 9.83. The van der Waals surface area contributed by atoms with Crippen LogP contribution in [0.1, 0.15) is 123 Å². The van der Waals surface area contributed by atoms with Gasteiger partial charge in [0.1, 0.15) is 0 Å². The molecule has 5 heteroatoms. The van der Waals surface area contributed by atoms with Crippen molar-refractivity contribution >= 4 is 21.9 Å². The molecular weight excluding hydrogens is 468 g/mol. The summed E-state index contributed by atoms with van der Waals surface area (Å²) in [5.74, 6) is -0.166. The molecule has 0 amide bonds. The van der Waals surface area contributed by atoms with Crippen LogP contribution in [0.25, 0.3) is 0 Å². The van der Waals surface area contributed by atoms with Crippen molar-refractivity contribution < 1.29 is 19.0 Å². The maximum absolute atomic E-state index is 12.4. The second kappa shape index (κ2) is 20.3. The minimum atomic E-state index is -0.545. The number of hydrogen-bond acceptors (Lipinski definition) is 4. The third kappa shape index (κ3) is 14.9. The van der Waals surface area contributed by atoms with E-state index in [9.17, 15) is 4.79 Å². The number of carbonyl (C=O) groups excluding carboxylic acids is 1. The molecule has 0 N–H and O–H groups in total. The van der Waals surface area contributed by atoms with Gasteiger partial charge in [0.15, 0.2) is 5.60 Å². The summed E-state index contributed by atoms with van der Waals surface area (Å²) in [6.45, 7) is 6.38. The zero-order valence-electron chi connectivity index (χ0n) is 21.1. The molecule has 0 aromatic carbocycles. The Morgan fingerprint density at radius 1 is 0.844 bits per heavy atom. The smallest absolute Gasteiger partial charge is 0.309 e. The predicted molar refractivity (Wildman–Crippen MR) is 138 cm³/mol. The highest BCUT2D eigenvalue weighted by Crippen LogP contribution is 2.25. The lowest BCUT2D eigenvalue weighted by Crippen LogP contribution is -2.57. The average molecular weight is 520 g/mol. The van der Waals surface area contributed by atoms with E-state index in [4.69, 9.17) is 14.2 Å². The molecule has 0 saturated carbocycles. The normalized spacial score (nSPS) is 16.0. The van der Waals surface area contributed by atoms with Crippen LogP contribution < -0.4 is 0 Å². The fourth-order valence-electron chi connectivity index (χ4n) is 4.14. The van der Waals surface area contributed by atoms with Crippen molar-refractivity contribution in [3.63, 3.8) is 0 Å². The van der Waals surface area contributed by atoms with Crippen LogP contribution in [0.4, 0.5) is 0 Å². The van der Waals surface area contributed by atoms with Gasteiger partial charge >= 0.3 is 5.97 Å². The number of esters is 1. The highest BCUT2D eigenvalue weighted by atomic mass is 79.9. The predicted octanol–water partition coefficient (Wildman–Crippen LogP) is 8.00. The number of unbranched alkanes of at least 4 members (excludes halogenated alkanes) is 14. The van der Waals surface area contributed by atoms with E-state index >= 15 is 0 Å². The maximum atomic E-state index is 12.4. The lowest BCUT2D eigenvalue weighted by atomic mass is 10.0. The summed E-state index contributed by atoms with van der Waals surface area (Å²) in [5.41, 5.74) is -0.545. The fourth-order valence-corrected chi connectivity index (χ4v) is 4.53. The molecule has 0 radical (unpaired) electrons. The Labute approximate surface area is 207 Å². The summed E-state index contributed by atoms with van der Waals surface area (Å²) in [5, 5.41) is 0.986. The van der Waals surface area contributed by atoms with Crippen molar-refractivity contribution in [2.45, 2.75) is 129 Å². The van der Waals surface area contributed by atoms with Crippen molar-refractivity contribution in [2.75, 3.05) is 31.8 Å². The zero-order valence-corrected chi connectivity index (χ0v) is 22.7. The summed E-state index contributed by atoms with van der Waals surface area (Å²) in [6.07, 6.45) is 22.1. The minimum Gasteiger partial charge on any atom is -0.451 e. The molecule has 1 unspecified atom stereocenters. The van der Waals surface area contributed by atoms with Gasteiger partial charge in [-0.05, 0) is 19.3 Å². The molecule has 0 aliphatic carbocycles. The molecule has 1 aliphatic heterocycles. The number of ether oxygens (including phenoxy) is 3. The van der Waals surface area contributed by atoms with Crippen LogP contribution in [0.5, 0.6) is 0 Å². The van der Waals surface area contributed by atoms with Crippen LogP contribution in [-0.4, -0.2) is 43.3 Å². The monoisotopic (exact) mass is 518 g/mol. The molecular formula is C27H51BrO4. The first-order valence-corrected chi connectivity index (χ1v) is 14.7. The van der Waals surface area contributed by atoms with E-state index in [2.05, 4.69) is 22.9 Å². The van der Waals surface area contributed by atoms with Gasteiger partial charge in [0, 0.05) is 11.9 Å². The fraction of sp³-hybridized carbons (Fsp3) is 0.963.